The summed E-state index contributed by atoms with van der Waals surface area (Å²) < 4.78 is 6.94. The lowest BCUT2D eigenvalue weighted by molar-refractivity contribution is -0.120. The summed E-state index contributed by atoms with van der Waals surface area (Å²) >= 11 is 2.93. The standard InChI is InChI=1S/C24H23N3O3S2/c1-15(21(28)25-14-17-10-7-13-30-17)31-24-26-22-20(18-11-5-6-12-19(18)32-22)23(29)27(24)16-8-3-2-4-9-16/h2-4,7-10,13,15H,5-6,11-12,14H2,1H3,(H,25,28). The van der Waals surface area contributed by atoms with Crippen LogP contribution in [0.3, 0.4) is 0 Å². The Bertz CT molecular complexity index is 1310. The first-order valence-corrected chi connectivity index (χ1v) is 12.4. The van der Waals surface area contributed by atoms with Crippen LogP contribution in [-0.4, -0.2) is 20.7 Å². The molecule has 3 aromatic heterocycles. The first kappa shape index (κ1) is 21.0. The number of amides is 1. The molecule has 5 rings (SSSR count). The maximum atomic E-state index is 13.7. The van der Waals surface area contributed by atoms with Crippen LogP contribution < -0.4 is 10.9 Å². The predicted octanol–water partition coefficient (Wildman–Crippen LogP) is 4.72. The van der Waals surface area contributed by atoms with Gasteiger partial charge in [-0.05, 0) is 62.4 Å². The number of para-hydroxylation sites is 1. The smallest absolute Gasteiger partial charge is 0.267 e. The molecule has 1 aliphatic carbocycles. The molecule has 8 heteroatoms. The topological polar surface area (TPSA) is 77.1 Å². The number of carbonyl (C=O) groups excluding carboxylic acids is 1. The maximum absolute atomic E-state index is 13.7. The van der Waals surface area contributed by atoms with Crippen molar-refractivity contribution in [1.29, 1.82) is 0 Å². The molecule has 1 atom stereocenters. The van der Waals surface area contributed by atoms with Gasteiger partial charge in [0.25, 0.3) is 5.56 Å². The van der Waals surface area contributed by atoms with E-state index >= 15 is 0 Å². The molecule has 1 aromatic carbocycles. The first-order valence-electron chi connectivity index (χ1n) is 10.7. The Labute approximate surface area is 193 Å². The molecule has 164 valence electrons. The molecule has 0 saturated carbocycles. The molecule has 1 aliphatic rings. The molecule has 0 spiro atoms. The third-order valence-electron chi connectivity index (χ3n) is 5.64. The minimum atomic E-state index is -0.432. The van der Waals surface area contributed by atoms with Gasteiger partial charge >= 0.3 is 0 Å². The fourth-order valence-corrected chi connectivity index (χ4v) is 6.27. The van der Waals surface area contributed by atoms with Crippen molar-refractivity contribution < 1.29 is 9.21 Å². The molecule has 0 bridgehead atoms. The zero-order valence-corrected chi connectivity index (χ0v) is 19.3. The van der Waals surface area contributed by atoms with Crippen LogP contribution >= 0.6 is 23.1 Å². The monoisotopic (exact) mass is 465 g/mol. The SMILES string of the molecule is CC(Sc1nc2sc3c(c2c(=O)n1-c1ccccc1)CCCC3)C(=O)NCc1ccco1. The number of aryl methyl sites for hydroxylation is 2. The number of nitrogens with zero attached hydrogens (tertiary/aromatic N) is 2. The quantitative estimate of drug-likeness (QED) is 0.329. The van der Waals surface area contributed by atoms with Gasteiger partial charge in [0.05, 0.1) is 29.1 Å². The summed E-state index contributed by atoms with van der Waals surface area (Å²) in [6, 6.07) is 13.1. The van der Waals surface area contributed by atoms with Crippen molar-refractivity contribution in [1.82, 2.24) is 14.9 Å². The molecule has 0 fully saturated rings. The van der Waals surface area contributed by atoms with Gasteiger partial charge in [0.2, 0.25) is 5.91 Å². The molecule has 0 radical (unpaired) electrons. The highest BCUT2D eigenvalue weighted by molar-refractivity contribution is 8.00. The highest BCUT2D eigenvalue weighted by atomic mass is 32.2. The Morgan fingerprint density at radius 3 is 2.81 bits per heavy atom. The van der Waals surface area contributed by atoms with Crippen LogP contribution in [0.1, 0.15) is 36.0 Å². The number of hydrogen-bond acceptors (Lipinski definition) is 6. The number of fused-ring (bicyclic) bond motifs is 3. The second kappa shape index (κ2) is 8.96. The van der Waals surface area contributed by atoms with E-state index in [4.69, 9.17) is 9.40 Å². The summed E-state index contributed by atoms with van der Waals surface area (Å²) in [6.45, 7) is 2.15. The summed E-state index contributed by atoms with van der Waals surface area (Å²) in [4.78, 5) is 33.4. The third-order valence-corrected chi connectivity index (χ3v) is 7.88. The molecule has 32 heavy (non-hydrogen) atoms. The number of thioether (sulfide) groups is 1. The van der Waals surface area contributed by atoms with Crippen molar-refractivity contribution >= 4 is 39.2 Å². The number of nitrogens with one attached hydrogen (secondary N) is 1. The Morgan fingerprint density at radius 1 is 1.22 bits per heavy atom. The number of thiophene rings is 1. The zero-order valence-electron chi connectivity index (χ0n) is 17.7. The van der Waals surface area contributed by atoms with Crippen molar-refractivity contribution in [2.75, 3.05) is 0 Å². The minimum Gasteiger partial charge on any atom is -0.467 e. The Morgan fingerprint density at radius 2 is 2.03 bits per heavy atom. The Kier molecular flexibility index (Phi) is 5.89. The average Bonchev–Trinajstić information content (AvgIpc) is 3.45. The molecule has 3 heterocycles. The van der Waals surface area contributed by atoms with E-state index in [1.165, 1.54) is 22.2 Å². The predicted molar refractivity (Wildman–Crippen MR) is 128 cm³/mol. The number of rotatable bonds is 6. The number of benzene rings is 1. The van der Waals surface area contributed by atoms with Gasteiger partial charge in [0.1, 0.15) is 10.6 Å². The van der Waals surface area contributed by atoms with Crippen molar-refractivity contribution in [2.24, 2.45) is 0 Å². The van der Waals surface area contributed by atoms with Crippen LogP contribution in [0, 0.1) is 0 Å². The number of hydrogen-bond donors (Lipinski definition) is 1. The third kappa shape index (κ3) is 4.00. The molecule has 1 amide bonds. The van der Waals surface area contributed by atoms with Crippen LogP contribution in [0.2, 0.25) is 0 Å². The molecule has 0 aliphatic heterocycles. The van der Waals surface area contributed by atoms with E-state index in [1.54, 1.807) is 28.2 Å². The Hall–Kier alpha value is -2.84. The molecule has 6 nitrogen and oxygen atoms in total. The van der Waals surface area contributed by atoms with Crippen molar-refractivity contribution in [3.8, 4) is 5.69 Å². The Balaban J connectivity index is 1.52. The second-order valence-electron chi connectivity index (χ2n) is 7.82. The van der Waals surface area contributed by atoms with Gasteiger partial charge in [-0.15, -0.1) is 11.3 Å². The van der Waals surface area contributed by atoms with Gasteiger partial charge < -0.3 is 9.73 Å². The summed E-state index contributed by atoms with van der Waals surface area (Å²) in [7, 11) is 0. The maximum Gasteiger partial charge on any atom is 0.267 e. The molecule has 1 unspecified atom stereocenters. The van der Waals surface area contributed by atoms with Crippen LogP contribution in [0.15, 0.2) is 63.1 Å². The summed E-state index contributed by atoms with van der Waals surface area (Å²) in [6.07, 6.45) is 5.78. The molecule has 0 saturated heterocycles. The molecular formula is C24H23N3O3S2. The molecular weight excluding hydrogens is 442 g/mol. The van der Waals surface area contributed by atoms with Crippen LogP contribution in [-0.2, 0) is 24.2 Å². The second-order valence-corrected chi connectivity index (χ2v) is 10.2. The number of aromatic nitrogens is 2. The van der Waals surface area contributed by atoms with Crippen LogP contribution in [0.5, 0.6) is 0 Å². The van der Waals surface area contributed by atoms with Gasteiger partial charge in [0, 0.05) is 4.88 Å². The fourth-order valence-electron chi connectivity index (χ4n) is 4.01. The fraction of sp³-hybridized carbons (Fsp3) is 0.292. The van der Waals surface area contributed by atoms with E-state index in [0.717, 1.165) is 41.6 Å². The van der Waals surface area contributed by atoms with Crippen LogP contribution in [0.4, 0.5) is 0 Å². The minimum absolute atomic E-state index is 0.0497. The van der Waals surface area contributed by atoms with Crippen molar-refractivity contribution in [3.63, 3.8) is 0 Å². The summed E-state index contributed by atoms with van der Waals surface area (Å²) in [5.74, 6) is 0.561. The van der Waals surface area contributed by atoms with Crippen LogP contribution in [0.25, 0.3) is 15.9 Å². The lowest BCUT2D eigenvalue weighted by Crippen LogP contribution is -2.31. The van der Waals surface area contributed by atoms with Gasteiger partial charge in [-0.2, -0.15) is 0 Å². The largest absolute Gasteiger partial charge is 0.467 e. The lowest BCUT2D eigenvalue weighted by Gasteiger charge is -2.16. The highest BCUT2D eigenvalue weighted by Crippen LogP contribution is 2.35. The van der Waals surface area contributed by atoms with Crippen molar-refractivity contribution in [2.45, 2.75) is 49.6 Å². The van der Waals surface area contributed by atoms with E-state index < -0.39 is 5.25 Å². The number of furan rings is 1. The molecule has 1 N–H and O–H groups in total. The number of carbonyl (C=O) groups is 1. The van der Waals surface area contributed by atoms with Crippen molar-refractivity contribution in [3.05, 3.63) is 75.3 Å². The highest BCUT2D eigenvalue weighted by Gasteiger charge is 2.25. The molecule has 4 aromatic rings. The average molecular weight is 466 g/mol. The van der Waals surface area contributed by atoms with E-state index in [9.17, 15) is 9.59 Å². The van der Waals surface area contributed by atoms with E-state index in [0.29, 0.717) is 17.5 Å². The van der Waals surface area contributed by atoms with E-state index in [1.807, 2.05) is 43.3 Å². The first-order chi connectivity index (χ1) is 15.6. The zero-order chi connectivity index (χ0) is 22.1. The van der Waals surface area contributed by atoms with Gasteiger partial charge in [0.15, 0.2) is 5.16 Å². The normalized spacial score (nSPS) is 14.3. The van der Waals surface area contributed by atoms with Gasteiger partial charge in [-0.3, -0.25) is 14.2 Å². The van der Waals surface area contributed by atoms with Gasteiger partial charge in [-0.25, -0.2) is 4.98 Å². The van der Waals surface area contributed by atoms with E-state index in [2.05, 4.69) is 5.32 Å². The summed E-state index contributed by atoms with van der Waals surface area (Å²) in [5, 5.41) is 3.74. The van der Waals surface area contributed by atoms with Gasteiger partial charge in [-0.1, -0.05) is 30.0 Å². The van der Waals surface area contributed by atoms with E-state index in [-0.39, 0.29) is 11.5 Å². The summed E-state index contributed by atoms with van der Waals surface area (Å²) in [5.41, 5.74) is 1.87. The lowest BCUT2D eigenvalue weighted by atomic mass is 9.97.